The molecule has 1 aliphatic heterocycles. The highest BCUT2D eigenvalue weighted by atomic mass is 32.1. The third-order valence-electron chi connectivity index (χ3n) is 5.97. The number of rotatable bonds is 5. The largest absolute Gasteiger partial charge is 0.331 e. The molecule has 2 aromatic rings. The summed E-state index contributed by atoms with van der Waals surface area (Å²) in [6.45, 7) is 4.24. The standard InChI is InChI=1S/C20H23N3O3S/c1-14-2-3-16(10-17(14)23(25)26)19(24)22(12-15-4-9-27-13-15)18-11-20(18)5-7-21-8-6-20/h2-4,9-10,13,18,21H,5-8,11-12H2,1H3. The average Bonchev–Trinajstić information content (AvgIpc) is 3.09. The van der Waals surface area contributed by atoms with E-state index in [-0.39, 0.29) is 23.1 Å². The van der Waals surface area contributed by atoms with E-state index >= 15 is 0 Å². The van der Waals surface area contributed by atoms with Crippen LogP contribution in [0.15, 0.2) is 35.0 Å². The Hall–Kier alpha value is -2.25. The van der Waals surface area contributed by atoms with Crippen LogP contribution in [-0.4, -0.2) is 34.9 Å². The SMILES string of the molecule is Cc1ccc(C(=O)N(Cc2ccsc2)C2CC23CCNCC3)cc1[N+](=O)[O-]. The van der Waals surface area contributed by atoms with E-state index in [4.69, 9.17) is 0 Å². The molecule has 4 rings (SSSR count). The van der Waals surface area contributed by atoms with Gasteiger partial charge in [0, 0.05) is 29.8 Å². The van der Waals surface area contributed by atoms with E-state index in [1.54, 1.807) is 30.4 Å². The van der Waals surface area contributed by atoms with Crippen LogP contribution in [0.5, 0.6) is 0 Å². The molecule has 142 valence electrons. The molecule has 1 aliphatic carbocycles. The highest BCUT2D eigenvalue weighted by Gasteiger charge is 2.57. The topological polar surface area (TPSA) is 75.5 Å². The van der Waals surface area contributed by atoms with Crippen molar-refractivity contribution in [1.82, 2.24) is 10.2 Å². The Bertz CT molecular complexity index is 859. The monoisotopic (exact) mass is 385 g/mol. The number of nitro groups is 1. The minimum Gasteiger partial charge on any atom is -0.331 e. The molecule has 2 aliphatic rings. The number of amides is 1. The van der Waals surface area contributed by atoms with Gasteiger partial charge < -0.3 is 10.2 Å². The summed E-state index contributed by atoms with van der Waals surface area (Å²) in [5, 5.41) is 18.8. The number of carbonyl (C=O) groups is 1. The van der Waals surface area contributed by atoms with E-state index in [0.717, 1.165) is 37.9 Å². The van der Waals surface area contributed by atoms with E-state index in [0.29, 0.717) is 17.7 Å². The molecule has 1 spiro atoms. The summed E-state index contributed by atoms with van der Waals surface area (Å²) < 4.78 is 0. The number of carbonyl (C=O) groups excluding carboxylic acids is 1. The fourth-order valence-electron chi connectivity index (χ4n) is 4.24. The summed E-state index contributed by atoms with van der Waals surface area (Å²) in [4.78, 5) is 26.2. The van der Waals surface area contributed by atoms with Gasteiger partial charge in [-0.1, -0.05) is 6.07 Å². The highest BCUT2D eigenvalue weighted by Crippen LogP contribution is 2.56. The summed E-state index contributed by atoms with van der Waals surface area (Å²) >= 11 is 1.62. The molecule has 1 N–H and O–H groups in total. The molecule has 1 amide bonds. The number of hydrogen-bond acceptors (Lipinski definition) is 5. The molecule has 7 heteroatoms. The quantitative estimate of drug-likeness (QED) is 0.628. The second-order valence-corrected chi connectivity index (χ2v) is 8.44. The van der Waals surface area contributed by atoms with E-state index < -0.39 is 4.92 Å². The van der Waals surface area contributed by atoms with Gasteiger partial charge in [0.05, 0.1) is 4.92 Å². The van der Waals surface area contributed by atoms with Crippen LogP contribution in [0.1, 0.15) is 40.7 Å². The normalized spacial score (nSPS) is 20.4. The average molecular weight is 385 g/mol. The fourth-order valence-corrected chi connectivity index (χ4v) is 4.90. The van der Waals surface area contributed by atoms with Crippen molar-refractivity contribution < 1.29 is 9.72 Å². The zero-order valence-corrected chi connectivity index (χ0v) is 16.1. The van der Waals surface area contributed by atoms with E-state index in [1.807, 2.05) is 16.3 Å². The highest BCUT2D eigenvalue weighted by molar-refractivity contribution is 7.07. The molecule has 1 saturated carbocycles. The van der Waals surface area contributed by atoms with Gasteiger partial charge in [-0.2, -0.15) is 11.3 Å². The number of nitro benzene ring substituents is 1. The van der Waals surface area contributed by atoms with E-state index in [9.17, 15) is 14.9 Å². The first-order valence-corrected chi connectivity index (χ1v) is 10.2. The van der Waals surface area contributed by atoms with E-state index in [1.165, 1.54) is 6.07 Å². The first-order valence-electron chi connectivity index (χ1n) is 9.28. The Morgan fingerprint density at radius 2 is 2.15 bits per heavy atom. The van der Waals surface area contributed by atoms with Crippen molar-refractivity contribution in [3.63, 3.8) is 0 Å². The number of piperidine rings is 1. The summed E-state index contributed by atoms with van der Waals surface area (Å²) in [6.07, 6.45) is 3.19. The van der Waals surface area contributed by atoms with Gasteiger partial charge in [0.2, 0.25) is 0 Å². The Kier molecular flexibility index (Phi) is 4.74. The molecule has 1 atom stereocenters. The molecule has 27 heavy (non-hydrogen) atoms. The summed E-state index contributed by atoms with van der Waals surface area (Å²) in [6, 6.07) is 7.06. The number of nitrogens with zero attached hydrogens (tertiary/aromatic N) is 2. The van der Waals surface area contributed by atoms with Crippen molar-refractivity contribution in [3.05, 3.63) is 61.8 Å². The zero-order chi connectivity index (χ0) is 19.0. The minimum absolute atomic E-state index is 0.00344. The molecule has 1 saturated heterocycles. The third kappa shape index (κ3) is 3.49. The summed E-state index contributed by atoms with van der Waals surface area (Å²) in [7, 11) is 0. The van der Waals surface area contributed by atoms with Crippen molar-refractivity contribution in [1.29, 1.82) is 0 Å². The molecule has 1 aromatic carbocycles. The Morgan fingerprint density at radius 1 is 1.37 bits per heavy atom. The number of nitrogens with one attached hydrogen (secondary N) is 1. The molecule has 1 unspecified atom stereocenters. The summed E-state index contributed by atoms with van der Waals surface area (Å²) in [5.74, 6) is -0.107. The molecular weight excluding hydrogens is 362 g/mol. The number of hydrogen-bond donors (Lipinski definition) is 1. The van der Waals surface area contributed by atoms with Crippen LogP contribution in [0, 0.1) is 22.5 Å². The van der Waals surface area contributed by atoms with Gasteiger partial charge in [-0.3, -0.25) is 14.9 Å². The molecule has 6 nitrogen and oxygen atoms in total. The maximum absolute atomic E-state index is 13.4. The number of benzene rings is 1. The van der Waals surface area contributed by atoms with Gasteiger partial charge in [0.1, 0.15) is 0 Å². The van der Waals surface area contributed by atoms with Gasteiger partial charge in [-0.15, -0.1) is 0 Å². The van der Waals surface area contributed by atoms with E-state index in [2.05, 4.69) is 10.7 Å². The van der Waals surface area contributed by atoms with Crippen LogP contribution in [0.25, 0.3) is 0 Å². The zero-order valence-electron chi connectivity index (χ0n) is 15.3. The Labute approximate surface area is 162 Å². The first kappa shape index (κ1) is 18.1. The predicted octanol–water partition coefficient (Wildman–Crippen LogP) is 3.75. The molecular formula is C20H23N3O3S. The van der Waals surface area contributed by atoms with Crippen LogP contribution >= 0.6 is 11.3 Å². The van der Waals surface area contributed by atoms with Crippen molar-refractivity contribution in [2.75, 3.05) is 13.1 Å². The molecule has 2 fully saturated rings. The van der Waals surface area contributed by atoms with Gasteiger partial charge in [0.25, 0.3) is 11.6 Å². The lowest BCUT2D eigenvalue weighted by molar-refractivity contribution is -0.385. The van der Waals surface area contributed by atoms with Crippen LogP contribution in [0.2, 0.25) is 0 Å². The van der Waals surface area contributed by atoms with Crippen molar-refractivity contribution in [2.45, 2.75) is 38.8 Å². The fraction of sp³-hybridized carbons (Fsp3) is 0.450. The van der Waals surface area contributed by atoms with Crippen molar-refractivity contribution in [3.8, 4) is 0 Å². The Morgan fingerprint density at radius 3 is 2.81 bits per heavy atom. The lowest BCUT2D eigenvalue weighted by Crippen LogP contribution is -2.39. The smallest absolute Gasteiger partial charge is 0.273 e. The predicted molar refractivity (Wildman–Crippen MR) is 105 cm³/mol. The second-order valence-electron chi connectivity index (χ2n) is 7.66. The van der Waals surface area contributed by atoms with Gasteiger partial charge in [0.15, 0.2) is 0 Å². The maximum atomic E-state index is 13.4. The molecule has 0 bridgehead atoms. The lowest BCUT2D eigenvalue weighted by atomic mass is 9.93. The number of aryl methyl sites for hydroxylation is 1. The van der Waals surface area contributed by atoms with Crippen molar-refractivity contribution >= 4 is 22.9 Å². The maximum Gasteiger partial charge on any atom is 0.273 e. The first-order chi connectivity index (χ1) is 13.0. The molecule has 2 heterocycles. The van der Waals surface area contributed by atoms with Crippen LogP contribution in [0.4, 0.5) is 5.69 Å². The van der Waals surface area contributed by atoms with Crippen LogP contribution in [0.3, 0.4) is 0 Å². The third-order valence-corrected chi connectivity index (χ3v) is 6.70. The van der Waals surface area contributed by atoms with Crippen LogP contribution < -0.4 is 5.32 Å². The second kappa shape index (κ2) is 7.05. The summed E-state index contributed by atoms with van der Waals surface area (Å²) in [5.41, 5.74) is 2.31. The molecule has 0 radical (unpaired) electrons. The van der Waals surface area contributed by atoms with Gasteiger partial charge >= 0.3 is 0 Å². The van der Waals surface area contributed by atoms with Gasteiger partial charge in [-0.05, 0) is 73.1 Å². The number of thiophene rings is 1. The minimum atomic E-state index is -0.416. The van der Waals surface area contributed by atoms with Crippen molar-refractivity contribution in [2.24, 2.45) is 5.41 Å². The van der Waals surface area contributed by atoms with Crippen LogP contribution in [-0.2, 0) is 6.54 Å². The lowest BCUT2D eigenvalue weighted by Gasteiger charge is -2.29. The Balaban J connectivity index is 1.63. The van der Waals surface area contributed by atoms with Gasteiger partial charge in [-0.25, -0.2) is 0 Å². The molecule has 1 aromatic heterocycles.